The van der Waals surface area contributed by atoms with Crippen LogP contribution in [0.3, 0.4) is 0 Å². The summed E-state index contributed by atoms with van der Waals surface area (Å²) in [5.74, 6) is -8.48. The highest BCUT2D eigenvalue weighted by molar-refractivity contribution is 5.98. The van der Waals surface area contributed by atoms with Crippen molar-refractivity contribution in [2.75, 3.05) is 13.1 Å². The summed E-state index contributed by atoms with van der Waals surface area (Å²) >= 11 is 0. The number of amides is 8. The number of fused-ring (bicyclic) bond motifs is 2. The van der Waals surface area contributed by atoms with E-state index in [4.69, 9.17) is 5.73 Å². The lowest BCUT2D eigenvalue weighted by molar-refractivity contribution is -0.148. The van der Waals surface area contributed by atoms with E-state index >= 15 is 0 Å². The molecule has 16 N–H and O–H groups in total. The van der Waals surface area contributed by atoms with Crippen molar-refractivity contribution in [2.24, 2.45) is 17.6 Å². The molecule has 3 aliphatic rings. The number of primary amides is 1. The zero-order valence-corrected chi connectivity index (χ0v) is 43.1. The number of aliphatic hydroxyl groups excluding tert-OH is 8. The molecule has 0 saturated carbocycles. The number of phenolic OH excluding ortho intramolecular Hbond substituents is 1. The quantitative estimate of drug-likeness (QED) is 0.0568. The number of unbranched alkanes of at least 4 members (excludes halogenated alkanes) is 5. The standard InChI is InChI=1S/C50H80N8O17/c1-5-25(2)18-26(3)12-10-8-6-7-9-11-13-38(66)52-32-21-36(64)47(72)56-46(71)34-20-31(62)24-58(34)50(75)40(35(63)22-37(51)65)54-48(73)41(43(68)42(67)28-14-16-29(60)17-15-28)55-45(70)33-19-30(61)23-57(33)49(74)39(27(4)59)53-44(32)69/h14-17,25-27,30-36,39-43,47,59-64,67-68,72H,5-13,18-24H2,1-4H3,(H2,51,65)(H,52,66)(H,53,69)(H,54,73)(H,55,70)(H,56,71)/t25-,26+,27+,30+,31+,32?,33-,34-,35+,36+,39-,40-,41-,42-,43-,47+/m0/s1. The van der Waals surface area contributed by atoms with Gasteiger partial charge in [-0.1, -0.05) is 77.8 Å². The molecule has 3 fully saturated rings. The van der Waals surface area contributed by atoms with Crippen LogP contribution in [0.2, 0.25) is 0 Å². The van der Waals surface area contributed by atoms with E-state index in [0.717, 1.165) is 74.6 Å². The summed E-state index contributed by atoms with van der Waals surface area (Å²) in [6, 6.07) is -7.16. The molecule has 25 heteroatoms. The van der Waals surface area contributed by atoms with Crippen LogP contribution in [0.25, 0.3) is 0 Å². The first kappa shape index (κ1) is 62.0. The molecule has 75 heavy (non-hydrogen) atoms. The molecule has 422 valence electrons. The van der Waals surface area contributed by atoms with Crippen LogP contribution in [-0.2, 0) is 38.4 Å². The highest BCUT2D eigenvalue weighted by Gasteiger charge is 2.48. The van der Waals surface area contributed by atoms with Crippen LogP contribution in [-0.4, -0.2) is 195 Å². The average Bonchev–Trinajstić information content (AvgIpc) is 3.95. The van der Waals surface area contributed by atoms with Gasteiger partial charge in [-0.2, -0.15) is 0 Å². The Balaban J connectivity index is 1.69. The molecule has 1 unspecified atom stereocenters. The maximum absolute atomic E-state index is 14.4. The van der Waals surface area contributed by atoms with Crippen LogP contribution >= 0.6 is 0 Å². The summed E-state index contributed by atoms with van der Waals surface area (Å²) in [6.45, 7) is 6.57. The van der Waals surface area contributed by atoms with Gasteiger partial charge in [0.05, 0.1) is 30.8 Å². The van der Waals surface area contributed by atoms with Gasteiger partial charge in [-0.05, 0) is 49.3 Å². The lowest BCUT2D eigenvalue weighted by Gasteiger charge is -2.34. The number of hydrogen-bond acceptors (Lipinski definition) is 17. The Bertz CT molecular complexity index is 2100. The van der Waals surface area contributed by atoms with Gasteiger partial charge in [0.15, 0.2) is 6.23 Å². The van der Waals surface area contributed by atoms with Gasteiger partial charge in [0.2, 0.25) is 47.3 Å². The number of nitrogens with zero attached hydrogens (tertiary/aromatic N) is 2. The normalized spacial score (nSPS) is 29.0. The number of carbonyl (C=O) groups is 8. The third kappa shape index (κ3) is 18.0. The van der Waals surface area contributed by atoms with Crippen molar-refractivity contribution in [3.05, 3.63) is 29.8 Å². The van der Waals surface area contributed by atoms with E-state index in [9.17, 15) is 84.3 Å². The minimum atomic E-state index is -2.36. The van der Waals surface area contributed by atoms with E-state index in [0.29, 0.717) is 29.6 Å². The maximum Gasteiger partial charge on any atom is 0.248 e. The van der Waals surface area contributed by atoms with Crippen molar-refractivity contribution in [3.63, 3.8) is 0 Å². The lowest BCUT2D eigenvalue weighted by Crippen LogP contribution is -2.64. The summed E-state index contributed by atoms with van der Waals surface area (Å²) in [7, 11) is 0. The number of benzene rings is 1. The van der Waals surface area contributed by atoms with Gasteiger partial charge in [-0.15, -0.1) is 0 Å². The fourth-order valence-electron chi connectivity index (χ4n) is 9.77. The van der Waals surface area contributed by atoms with Crippen LogP contribution in [0.4, 0.5) is 0 Å². The van der Waals surface area contributed by atoms with E-state index in [1.165, 1.54) is 6.42 Å². The molecule has 16 atom stereocenters. The second-order valence-electron chi connectivity index (χ2n) is 20.6. The number of nitrogens with one attached hydrogen (secondary N) is 5. The summed E-state index contributed by atoms with van der Waals surface area (Å²) in [6.07, 6.45) is -10.0. The van der Waals surface area contributed by atoms with E-state index in [-0.39, 0.29) is 17.7 Å². The Morgan fingerprint density at radius 1 is 0.680 bits per heavy atom. The zero-order valence-electron chi connectivity index (χ0n) is 43.1. The third-order valence-electron chi connectivity index (χ3n) is 14.3. The van der Waals surface area contributed by atoms with E-state index < -0.39 is 171 Å². The topological polar surface area (TPSA) is 411 Å². The highest BCUT2D eigenvalue weighted by Crippen LogP contribution is 2.27. The van der Waals surface area contributed by atoms with Crippen LogP contribution in [0, 0.1) is 11.8 Å². The first-order chi connectivity index (χ1) is 35.3. The highest BCUT2D eigenvalue weighted by atomic mass is 16.3. The largest absolute Gasteiger partial charge is 0.508 e. The van der Waals surface area contributed by atoms with Gasteiger partial charge in [-0.3, -0.25) is 38.4 Å². The van der Waals surface area contributed by atoms with Gasteiger partial charge in [0.25, 0.3) is 0 Å². The molecule has 1 aromatic rings. The lowest BCUT2D eigenvalue weighted by atomic mass is 9.91. The van der Waals surface area contributed by atoms with Crippen LogP contribution in [0.15, 0.2) is 24.3 Å². The molecule has 0 aromatic heterocycles. The smallest absolute Gasteiger partial charge is 0.248 e. The first-order valence-corrected chi connectivity index (χ1v) is 26.0. The zero-order chi connectivity index (χ0) is 55.8. The van der Waals surface area contributed by atoms with Crippen molar-refractivity contribution in [3.8, 4) is 5.75 Å². The molecule has 25 nitrogen and oxygen atoms in total. The molecular weight excluding hydrogens is 985 g/mol. The number of rotatable bonds is 20. The predicted molar refractivity (Wildman–Crippen MR) is 265 cm³/mol. The van der Waals surface area contributed by atoms with E-state index in [1.54, 1.807) is 0 Å². The second-order valence-corrected chi connectivity index (χ2v) is 20.6. The van der Waals surface area contributed by atoms with E-state index in [2.05, 4.69) is 47.4 Å². The molecule has 0 aliphatic carbocycles. The third-order valence-corrected chi connectivity index (χ3v) is 14.3. The first-order valence-electron chi connectivity index (χ1n) is 26.0. The van der Waals surface area contributed by atoms with Crippen LogP contribution < -0.4 is 32.3 Å². The van der Waals surface area contributed by atoms with Crippen LogP contribution in [0.1, 0.15) is 129 Å². The molecule has 3 aliphatic heterocycles. The van der Waals surface area contributed by atoms with Crippen molar-refractivity contribution < 1.29 is 84.3 Å². The Kier molecular flexibility index (Phi) is 24.1. The van der Waals surface area contributed by atoms with Crippen LogP contribution in [0.5, 0.6) is 5.75 Å². The minimum Gasteiger partial charge on any atom is -0.508 e. The van der Waals surface area contributed by atoms with E-state index in [1.807, 2.05) is 0 Å². The molecule has 3 saturated heterocycles. The van der Waals surface area contributed by atoms with Gasteiger partial charge in [-0.25, -0.2) is 0 Å². The molecule has 3 heterocycles. The summed E-state index contributed by atoms with van der Waals surface area (Å²) < 4.78 is 0. The fourth-order valence-corrected chi connectivity index (χ4v) is 9.77. The minimum absolute atomic E-state index is 0.0751. The monoisotopic (exact) mass is 1060 g/mol. The number of hydrogen-bond donors (Lipinski definition) is 15. The average molecular weight is 1070 g/mol. The molecule has 0 spiro atoms. The molecular formula is C50H80N8O17. The van der Waals surface area contributed by atoms with Crippen molar-refractivity contribution in [2.45, 2.75) is 203 Å². The van der Waals surface area contributed by atoms with Crippen molar-refractivity contribution in [1.82, 2.24) is 36.4 Å². The summed E-state index contributed by atoms with van der Waals surface area (Å²) in [4.78, 5) is 112. The van der Waals surface area contributed by atoms with Gasteiger partial charge < -0.3 is 88.1 Å². The number of phenols is 1. The predicted octanol–water partition coefficient (Wildman–Crippen LogP) is -3.34. The Labute approximate surface area is 436 Å². The summed E-state index contributed by atoms with van der Waals surface area (Å²) in [5.41, 5.74) is 5.21. The SMILES string of the molecule is CC[C@H](C)C[C@H](C)CCCCCCCCC(=O)NC1C[C@@H](O)[C@@H](O)NC(=O)[C@@H]2C[C@@H](O)CN2C(=O)[C@H]([C@H](O)CC(N)=O)NC(=O)[C@H]([C@H](O)[C@@H](O)c2ccc(O)cc2)NC(=O)[C@@H]2C[C@@H](O)CN2C(=O)[C@H]([C@@H](C)O)NC1=O. The fraction of sp³-hybridized carbons (Fsp3) is 0.720. The number of carbonyl (C=O) groups excluding carboxylic acids is 8. The Morgan fingerprint density at radius 2 is 1.20 bits per heavy atom. The van der Waals surface area contributed by atoms with Crippen molar-refractivity contribution in [1.29, 1.82) is 0 Å². The maximum atomic E-state index is 14.4. The van der Waals surface area contributed by atoms with Gasteiger partial charge in [0.1, 0.15) is 60.3 Å². The van der Waals surface area contributed by atoms with Crippen molar-refractivity contribution >= 4 is 47.3 Å². The molecule has 4 rings (SSSR count). The molecule has 0 bridgehead atoms. The molecule has 1 aromatic carbocycles. The number of aromatic hydroxyl groups is 1. The van der Waals surface area contributed by atoms with Gasteiger partial charge in [0, 0.05) is 38.8 Å². The second kappa shape index (κ2) is 29.1. The summed E-state index contributed by atoms with van der Waals surface area (Å²) in [5, 5.41) is 110. The number of nitrogens with two attached hydrogens (primary N) is 1. The van der Waals surface area contributed by atoms with Gasteiger partial charge >= 0.3 is 0 Å². The Hall–Kier alpha value is -5.54. The molecule has 0 radical (unpaired) electrons. The number of aliphatic hydroxyl groups is 8. The Morgan fingerprint density at radius 3 is 1.76 bits per heavy atom. The molecule has 8 amide bonds.